The van der Waals surface area contributed by atoms with Crippen molar-refractivity contribution >= 4 is 5.91 Å². The minimum absolute atomic E-state index is 0.117. The van der Waals surface area contributed by atoms with E-state index in [-0.39, 0.29) is 18.6 Å². The molecule has 1 N–H and O–H groups in total. The molecule has 9 nitrogen and oxygen atoms in total. The number of rotatable bonds is 8. The van der Waals surface area contributed by atoms with Crippen molar-refractivity contribution in [3.63, 3.8) is 0 Å². The molecule has 5 rings (SSSR count). The number of methoxy groups -OCH3 is 1. The maximum Gasteiger partial charge on any atom is 0.255 e. The van der Waals surface area contributed by atoms with Gasteiger partial charge in [0.15, 0.2) is 5.76 Å². The fraction of sp³-hybridized carbons (Fsp3) is 0.308. The fourth-order valence-corrected chi connectivity index (χ4v) is 4.36. The molecule has 0 bridgehead atoms. The molecule has 0 radical (unpaired) electrons. The summed E-state index contributed by atoms with van der Waals surface area (Å²) in [6.07, 6.45) is 6.59. The first kappa shape index (κ1) is 22.9. The molecule has 1 aliphatic rings. The molecule has 9 heteroatoms. The van der Waals surface area contributed by atoms with Crippen LogP contribution in [0.15, 0.2) is 71.6 Å². The van der Waals surface area contributed by atoms with Crippen LogP contribution in [0.2, 0.25) is 0 Å². The lowest BCUT2D eigenvalue weighted by Crippen LogP contribution is -2.44. The smallest absolute Gasteiger partial charge is 0.255 e. The third-order valence-corrected chi connectivity index (χ3v) is 6.17. The molecule has 0 aliphatic carbocycles. The van der Waals surface area contributed by atoms with Crippen LogP contribution in [0.4, 0.5) is 0 Å². The SMILES string of the molecule is COCc1c(C(=O)NC2CCN(Cc3ccccc3)CC2)cnn1-c1nccc(-c2ccco2)n1. The number of hydrogen-bond donors (Lipinski definition) is 1. The summed E-state index contributed by atoms with van der Waals surface area (Å²) < 4.78 is 12.4. The van der Waals surface area contributed by atoms with Gasteiger partial charge < -0.3 is 14.5 Å². The molecule has 1 fully saturated rings. The highest BCUT2D eigenvalue weighted by molar-refractivity contribution is 5.95. The Morgan fingerprint density at radius 1 is 1.14 bits per heavy atom. The normalized spacial score (nSPS) is 14.8. The zero-order valence-electron chi connectivity index (χ0n) is 19.6. The monoisotopic (exact) mass is 472 g/mol. The lowest BCUT2D eigenvalue weighted by atomic mass is 10.0. The second-order valence-electron chi connectivity index (χ2n) is 8.58. The van der Waals surface area contributed by atoms with Gasteiger partial charge in [-0.2, -0.15) is 9.78 Å². The van der Waals surface area contributed by atoms with Gasteiger partial charge in [0.1, 0.15) is 5.69 Å². The molecule has 35 heavy (non-hydrogen) atoms. The molecule has 4 heterocycles. The minimum Gasteiger partial charge on any atom is -0.463 e. The molecule has 0 atom stereocenters. The van der Waals surface area contributed by atoms with Crippen molar-refractivity contribution in [2.45, 2.75) is 32.0 Å². The van der Waals surface area contributed by atoms with Crippen LogP contribution in [0.3, 0.4) is 0 Å². The second kappa shape index (κ2) is 10.6. The largest absolute Gasteiger partial charge is 0.463 e. The summed E-state index contributed by atoms with van der Waals surface area (Å²) in [5, 5.41) is 7.60. The summed E-state index contributed by atoms with van der Waals surface area (Å²) in [5.41, 5.74) is 3.01. The first-order chi connectivity index (χ1) is 17.2. The number of carbonyl (C=O) groups is 1. The third kappa shape index (κ3) is 5.31. The number of nitrogens with one attached hydrogen (secondary N) is 1. The lowest BCUT2D eigenvalue weighted by Gasteiger charge is -2.32. The van der Waals surface area contributed by atoms with Crippen LogP contribution < -0.4 is 5.32 Å². The van der Waals surface area contributed by atoms with Gasteiger partial charge in [-0.3, -0.25) is 9.69 Å². The van der Waals surface area contributed by atoms with Crippen molar-refractivity contribution in [1.82, 2.24) is 30.0 Å². The zero-order valence-corrected chi connectivity index (χ0v) is 19.6. The molecule has 180 valence electrons. The number of likely N-dealkylation sites (tertiary alicyclic amines) is 1. The van der Waals surface area contributed by atoms with Crippen LogP contribution >= 0.6 is 0 Å². The number of ether oxygens (including phenoxy) is 1. The van der Waals surface area contributed by atoms with Crippen molar-refractivity contribution in [2.75, 3.05) is 20.2 Å². The Labute approximate surface area is 203 Å². The predicted molar refractivity (Wildman–Crippen MR) is 130 cm³/mol. The van der Waals surface area contributed by atoms with Gasteiger partial charge in [0.2, 0.25) is 0 Å². The van der Waals surface area contributed by atoms with Crippen LogP contribution in [0.5, 0.6) is 0 Å². The summed E-state index contributed by atoms with van der Waals surface area (Å²) in [7, 11) is 1.58. The number of carbonyl (C=O) groups excluding carboxylic acids is 1. The van der Waals surface area contributed by atoms with E-state index in [2.05, 4.69) is 49.5 Å². The highest BCUT2D eigenvalue weighted by Crippen LogP contribution is 2.20. The Morgan fingerprint density at radius 3 is 2.71 bits per heavy atom. The summed E-state index contributed by atoms with van der Waals surface area (Å²) in [6, 6.07) is 16.0. The van der Waals surface area contributed by atoms with E-state index in [1.165, 1.54) is 5.56 Å². The van der Waals surface area contributed by atoms with Crippen molar-refractivity contribution in [2.24, 2.45) is 0 Å². The molecule has 1 amide bonds. The summed E-state index contributed by atoms with van der Waals surface area (Å²) in [4.78, 5) is 24.5. The van der Waals surface area contributed by atoms with Gasteiger partial charge in [0.25, 0.3) is 11.9 Å². The van der Waals surface area contributed by atoms with E-state index in [0.717, 1.165) is 32.5 Å². The van der Waals surface area contributed by atoms with E-state index >= 15 is 0 Å². The Kier molecular flexibility index (Phi) is 6.97. The zero-order chi connectivity index (χ0) is 24.0. The average molecular weight is 473 g/mol. The molecule has 1 aliphatic heterocycles. The third-order valence-electron chi connectivity index (χ3n) is 6.17. The van der Waals surface area contributed by atoms with E-state index in [0.29, 0.717) is 28.7 Å². The fourth-order valence-electron chi connectivity index (χ4n) is 4.36. The maximum absolute atomic E-state index is 13.2. The van der Waals surface area contributed by atoms with E-state index in [9.17, 15) is 4.79 Å². The predicted octanol–water partition coefficient (Wildman–Crippen LogP) is 3.46. The average Bonchev–Trinajstić information content (AvgIpc) is 3.57. The second-order valence-corrected chi connectivity index (χ2v) is 8.58. The van der Waals surface area contributed by atoms with Crippen LogP contribution in [-0.2, 0) is 17.9 Å². The van der Waals surface area contributed by atoms with Gasteiger partial charge in [0.05, 0.1) is 30.3 Å². The van der Waals surface area contributed by atoms with Crippen molar-refractivity contribution in [3.8, 4) is 17.4 Å². The molecule has 4 aromatic rings. The lowest BCUT2D eigenvalue weighted by molar-refractivity contribution is 0.0903. The summed E-state index contributed by atoms with van der Waals surface area (Å²) in [5.74, 6) is 0.817. The van der Waals surface area contributed by atoms with E-state index < -0.39 is 0 Å². The molecule has 0 spiro atoms. The highest BCUT2D eigenvalue weighted by atomic mass is 16.5. The number of benzene rings is 1. The Balaban J connectivity index is 1.27. The number of amides is 1. The van der Waals surface area contributed by atoms with Gasteiger partial charge >= 0.3 is 0 Å². The Bertz CT molecular complexity index is 1250. The van der Waals surface area contributed by atoms with Crippen molar-refractivity contribution in [1.29, 1.82) is 0 Å². The topological polar surface area (TPSA) is 98.3 Å². The Morgan fingerprint density at radius 2 is 1.97 bits per heavy atom. The van der Waals surface area contributed by atoms with Gasteiger partial charge in [0, 0.05) is 39.0 Å². The Hall–Kier alpha value is -3.82. The minimum atomic E-state index is -0.160. The molecule has 0 unspecified atom stereocenters. The van der Waals surface area contributed by atoms with E-state index in [1.54, 1.807) is 42.6 Å². The number of furan rings is 1. The number of hydrogen-bond acceptors (Lipinski definition) is 7. The van der Waals surface area contributed by atoms with Crippen LogP contribution in [0.25, 0.3) is 17.4 Å². The van der Waals surface area contributed by atoms with Gasteiger partial charge in [-0.05, 0) is 36.6 Å². The van der Waals surface area contributed by atoms with Crippen LogP contribution in [-0.4, -0.2) is 56.8 Å². The molecule has 0 saturated carbocycles. The number of aromatic nitrogens is 4. The molecule has 1 saturated heterocycles. The van der Waals surface area contributed by atoms with Crippen LogP contribution in [0, 0.1) is 0 Å². The van der Waals surface area contributed by atoms with Crippen LogP contribution in [0.1, 0.15) is 34.5 Å². The maximum atomic E-state index is 13.2. The van der Waals surface area contributed by atoms with E-state index in [4.69, 9.17) is 9.15 Å². The van der Waals surface area contributed by atoms with Gasteiger partial charge in [-0.25, -0.2) is 9.97 Å². The van der Waals surface area contributed by atoms with Gasteiger partial charge in [-0.1, -0.05) is 30.3 Å². The molecular formula is C26H28N6O3. The first-order valence-corrected chi connectivity index (χ1v) is 11.7. The molecule has 1 aromatic carbocycles. The molecule has 3 aromatic heterocycles. The standard InChI is InChI=1S/C26H28N6O3/c1-34-18-23-21(16-28-32(23)26-27-12-9-22(30-26)24-8-5-15-35-24)25(33)29-20-10-13-31(14-11-20)17-19-6-3-2-4-7-19/h2-9,12,15-16,20H,10-11,13-14,17-18H2,1H3,(H,29,33). The highest BCUT2D eigenvalue weighted by Gasteiger charge is 2.25. The van der Waals surface area contributed by atoms with Crippen molar-refractivity contribution in [3.05, 3.63) is 84.0 Å². The van der Waals surface area contributed by atoms with Crippen molar-refractivity contribution < 1.29 is 13.9 Å². The van der Waals surface area contributed by atoms with E-state index in [1.807, 2.05) is 12.1 Å². The number of piperidine rings is 1. The van der Waals surface area contributed by atoms with Gasteiger partial charge in [-0.15, -0.1) is 0 Å². The number of nitrogens with zero attached hydrogens (tertiary/aromatic N) is 5. The first-order valence-electron chi connectivity index (χ1n) is 11.7. The quantitative estimate of drug-likeness (QED) is 0.419. The summed E-state index contributed by atoms with van der Waals surface area (Å²) in [6.45, 7) is 3.02. The molecular weight excluding hydrogens is 444 g/mol. The summed E-state index contributed by atoms with van der Waals surface area (Å²) >= 11 is 0.